The van der Waals surface area contributed by atoms with Crippen LogP contribution in [0.5, 0.6) is 0 Å². The maximum Gasteiger partial charge on any atom is 0.416 e. The first kappa shape index (κ1) is 25.4. The van der Waals surface area contributed by atoms with Gasteiger partial charge in [0.05, 0.1) is 28.2 Å². The largest absolute Gasteiger partial charge is 0.416 e. The van der Waals surface area contributed by atoms with Crippen molar-refractivity contribution < 1.29 is 22.4 Å². The zero-order valence-electron chi connectivity index (χ0n) is 20.0. The number of nitrogens with one attached hydrogen (secondary N) is 1. The van der Waals surface area contributed by atoms with E-state index in [1.54, 1.807) is 14.0 Å². The number of benzene rings is 2. The van der Waals surface area contributed by atoms with E-state index in [0.29, 0.717) is 22.5 Å². The number of halogens is 4. The van der Waals surface area contributed by atoms with E-state index < -0.39 is 23.5 Å². The number of carbonyl (C=O) groups is 1. The number of hydrogen-bond acceptors (Lipinski definition) is 6. The topological polar surface area (TPSA) is 87.4 Å². The number of nitrogens with two attached hydrogens (primary N) is 1. The summed E-state index contributed by atoms with van der Waals surface area (Å²) in [6.07, 6.45) is -2.33. The average molecular weight is 503 g/mol. The van der Waals surface area contributed by atoms with E-state index in [0.717, 1.165) is 37.7 Å². The van der Waals surface area contributed by atoms with Gasteiger partial charge in [0.25, 0.3) is 5.91 Å². The van der Waals surface area contributed by atoms with Gasteiger partial charge in [-0.25, -0.2) is 14.4 Å². The van der Waals surface area contributed by atoms with Gasteiger partial charge in [-0.3, -0.25) is 4.79 Å². The van der Waals surface area contributed by atoms with Crippen molar-refractivity contribution in [2.45, 2.75) is 25.6 Å². The Morgan fingerprint density at radius 2 is 1.97 bits per heavy atom. The van der Waals surface area contributed by atoms with Crippen molar-refractivity contribution >= 4 is 23.2 Å². The Hall–Kier alpha value is -3.73. The van der Waals surface area contributed by atoms with Crippen LogP contribution in [0.2, 0.25) is 0 Å². The molecule has 190 valence electrons. The van der Waals surface area contributed by atoms with Crippen molar-refractivity contribution in [2.24, 2.45) is 0 Å². The lowest BCUT2D eigenvalue weighted by molar-refractivity contribution is -0.137. The molecule has 0 spiro atoms. The van der Waals surface area contributed by atoms with Crippen LogP contribution < -0.4 is 16.0 Å². The lowest BCUT2D eigenvalue weighted by atomic mass is 10.0. The summed E-state index contributed by atoms with van der Waals surface area (Å²) in [4.78, 5) is 25.1. The molecule has 3 aromatic rings. The summed E-state index contributed by atoms with van der Waals surface area (Å²) >= 11 is 0. The molecule has 1 aromatic heterocycles. The molecular weight excluding hydrogens is 476 g/mol. The fourth-order valence-corrected chi connectivity index (χ4v) is 4.37. The molecule has 1 unspecified atom stereocenters. The molecule has 0 radical (unpaired) electrons. The number of nitrogen functional groups attached to an aromatic ring is 1. The van der Waals surface area contributed by atoms with E-state index in [9.17, 15) is 22.4 Å². The standard InChI is InChI=1S/C25H26F4N6O/c1-14-19(12-31-24(30)32-14)15-4-6-20(26)18(10-15)23(36)33-21-11-16(25(27,28)29)5-7-22(21)35(3)17-8-9-34(2)13-17/h4-7,10-12,17H,8-9,13H2,1-3H3,(H,33,36)(H2,30,31,32). The predicted octanol–water partition coefficient (Wildman–Crippen LogP) is 4.58. The van der Waals surface area contributed by atoms with E-state index >= 15 is 0 Å². The third-order valence-corrected chi connectivity index (χ3v) is 6.39. The number of aromatic nitrogens is 2. The van der Waals surface area contributed by atoms with Crippen LogP contribution in [-0.4, -0.2) is 54.0 Å². The number of aryl methyl sites for hydroxylation is 1. The predicted molar refractivity (Wildman–Crippen MR) is 130 cm³/mol. The molecule has 2 heterocycles. The highest BCUT2D eigenvalue weighted by molar-refractivity contribution is 6.07. The molecule has 2 aromatic carbocycles. The molecule has 11 heteroatoms. The molecule has 1 atom stereocenters. The highest BCUT2D eigenvalue weighted by Gasteiger charge is 2.33. The Balaban J connectivity index is 1.70. The minimum atomic E-state index is -4.61. The summed E-state index contributed by atoms with van der Waals surface area (Å²) in [5.74, 6) is -1.61. The molecule has 1 aliphatic heterocycles. The van der Waals surface area contributed by atoms with Gasteiger partial charge < -0.3 is 20.9 Å². The minimum absolute atomic E-state index is 0.0518. The first-order valence-corrected chi connectivity index (χ1v) is 11.3. The molecular formula is C25H26F4N6O. The zero-order valence-corrected chi connectivity index (χ0v) is 20.0. The highest BCUT2D eigenvalue weighted by atomic mass is 19.4. The Bertz CT molecular complexity index is 1300. The smallest absolute Gasteiger partial charge is 0.369 e. The van der Waals surface area contributed by atoms with E-state index in [-0.39, 0.29) is 23.2 Å². The SMILES string of the molecule is Cc1nc(N)ncc1-c1ccc(F)c(C(=O)Nc2cc(C(F)(F)F)ccc2N(C)C2CCN(C)C2)c1. The van der Waals surface area contributed by atoms with E-state index in [1.807, 2.05) is 11.9 Å². The number of anilines is 3. The summed E-state index contributed by atoms with van der Waals surface area (Å²) < 4.78 is 55.1. The molecule has 1 aliphatic rings. The molecule has 1 amide bonds. The second-order valence-electron chi connectivity index (χ2n) is 8.92. The van der Waals surface area contributed by atoms with E-state index in [2.05, 4.69) is 20.2 Å². The number of nitrogens with zero attached hydrogens (tertiary/aromatic N) is 4. The van der Waals surface area contributed by atoms with Crippen LogP contribution in [0.4, 0.5) is 34.9 Å². The van der Waals surface area contributed by atoms with Crippen molar-refractivity contribution in [3.05, 3.63) is 65.2 Å². The lowest BCUT2D eigenvalue weighted by Gasteiger charge is -2.29. The maximum absolute atomic E-state index is 14.7. The number of amides is 1. The van der Waals surface area contributed by atoms with Crippen molar-refractivity contribution in [1.82, 2.24) is 14.9 Å². The molecule has 4 rings (SSSR count). The fraction of sp³-hybridized carbons (Fsp3) is 0.320. The Morgan fingerprint density at radius 3 is 2.61 bits per heavy atom. The molecule has 0 saturated carbocycles. The van der Waals surface area contributed by atoms with Crippen molar-refractivity contribution in [3.63, 3.8) is 0 Å². The molecule has 3 N–H and O–H groups in total. The number of alkyl halides is 3. The van der Waals surface area contributed by atoms with Crippen LogP contribution in [-0.2, 0) is 6.18 Å². The van der Waals surface area contributed by atoms with Gasteiger partial charge >= 0.3 is 6.18 Å². The normalized spacial score (nSPS) is 16.2. The Morgan fingerprint density at radius 1 is 1.22 bits per heavy atom. The number of carbonyl (C=O) groups excluding carboxylic acids is 1. The van der Waals surface area contributed by atoms with Crippen LogP contribution >= 0.6 is 0 Å². The van der Waals surface area contributed by atoms with E-state index in [4.69, 9.17) is 5.73 Å². The number of likely N-dealkylation sites (tertiary alicyclic amines) is 1. The molecule has 7 nitrogen and oxygen atoms in total. The van der Waals surface area contributed by atoms with Crippen LogP contribution in [0.3, 0.4) is 0 Å². The zero-order chi connectivity index (χ0) is 26.2. The van der Waals surface area contributed by atoms with Crippen molar-refractivity contribution in [2.75, 3.05) is 43.1 Å². The summed E-state index contributed by atoms with van der Waals surface area (Å²) in [6.45, 7) is 3.27. The van der Waals surface area contributed by atoms with Gasteiger partial charge in [-0.15, -0.1) is 0 Å². The number of rotatable bonds is 5. The third kappa shape index (κ3) is 5.25. The summed E-state index contributed by atoms with van der Waals surface area (Å²) in [7, 11) is 3.74. The van der Waals surface area contributed by atoms with Gasteiger partial charge in [0.15, 0.2) is 0 Å². The van der Waals surface area contributed by atoms with Crippen molar-refractivity contribution in [3.8, 4) is 11.1 Å². The number of likely N-dealkylation sites (N-methyl/N-ethyl adjacent to an activating group) is 2. The van der Waals surface area contributed by atoms with Gasteiger partial charge in [0.2, 0.25) is 5.95 Å². The first-order chi connectivity index (χ1) is 16.9. The molecule has 0 bridgehead atoms. The minimum Gasteiger partial charge on any atom is -0.369 e. The summed E-state index contributed by atoms with van der Waals surface area (Å²) in [6, 6.07) is 7.14. The monoisotopic (exact) mass is 502 g/mol. The third-order valence-electron chi connectivity index (χ3n) is 6.39. The fourth-order valence-electron chi connectivity index (χ4n) is 4.37. The quantitative estimate of drug-likeness (QED) is 0.497. The van der Waals surface area contributed by atoms with Gasteiger partial charge in [-0.1, -0.05) is 6.07 Å². The average Bonchev–Trinajstić information content (AvgIpc) is 3.25. The van der Waals surface area contributed by atoms with Crippen LogP contribution in [0.15, 0.2) is 42.6 Å². The molecule has 36 heavy (non-hydrogen) atoms. The second-order valence-corrected chi connectivity index (χ2v) is 8.92. The molecule has 1 saturated heterocycles. The van der Waals surface area contributed by atoms with E-state index in [1.165, 1.54) is 24.4 Å². The van der Waals surface area contributed by atoms with Gasteiger partial charge in [0.1, 0.15) is 5.82 Å². The summed E-state index contributed by atoms with van der Waals surface area (Å²) in [5, 5.41) is 2.51. The lowest BCUT2D eigenvalue weighted by Crippen LogP contribution is -2.34. The Kier molecular flexibility index (Phi) is 6.85. The van der Waals surface area contributed by atoms with Gasteiger partial charge in [-0.05, 0) is 62.8 Å². The van der Waals surface area contributed by atoms with Crippen LogP contribution in [0, 0.1) is 12.7 Å². The molecule has 0 aliphatic carbocycles. The first-order valence-electron chi connectivity index (χ1n) is 11.3. The van der Waals surface area contributed by atoms with Gasteiger partial charge in [-0.2, -0.15) is 13.2 Å². The number of hydrogen-bond donors (Lipinski definition) is 2. The van der Waals surface area contributed by atoms with Crippen LogP contribution in [0.25, 0.3) is 11.1 Å². The van der Waals surface area contributed by atoms with Gasteiger partial charge in [0, 0.05) is 31.4 Å². The second kappa shape index (κ2) is 9.73. The molecule has 1 fully saturated rings. The summed E-state index contributed by atoms with van der Waals surface area (Å²) in [5.41, 5.74) is 6.26. The van der Waals surface area contributed by atoms with Crippen molar-refractivity contribution in [1.29, 1.82) is 0 Å². The highest BCUT2D eigenvalue weighted by Crippen LogP contribution is 2.37. The maximum atomic E-state index is 14.7. The Labute approximate surface area is 205 Å². The van der Waals surface area contributed by atoms with Crippen LogP contribution in [0.1, 0.15) is 28.0 Å².